The van der Waals surface area contributed by atoms with Crippen molar-refractivity contribution >= 4 is 12.0 Å². The number of ether oxygens (including phenoxy) is 2. The Labute approximate surface area is 164 Å². The Hall–Kier alpha value is -2.97. The first-order chi connectivity index (χ1) is 13.4. The molecular formula is C19H26N6O3. The van der Waals surface area contributed by atoms with Crippen molar-refractivity contribution in [2.75, 3.05) is 25.5 Å². The molecular weight excluding hydrogens is 360 g/mol. The van der Waals surface area contributed by atoms with Gasteiger partial charge in [0.2, 0.25) is 11.8 Å². The summed E-state index contributed by atoms with van der Waals surface area (Å²) in [5.41, 5.74) is 0.915. The molecule has 3 heterocycles. The van der Waals surface area contributed by atoms with Crippen molar-refractivity contribution in [2.24, 2.45) is 0 Å². The molecule has 0 radical (unpaired) electrons. The van der Waals surface area contributed by atoms with Crippen LogP contribution in [0, 0.1) is 0 Å². The smallest absolute Gasteiger partial charge is 0.410 e. The van der Waals surface area contributed by atoms with Gasteiger partial charge >= 0.3 is 6.09 Å². The van der Waals surface area contributed by atoms with E-state index in [1.54, 1.807) is 36.5 Å². The molecule has 9 heteroatoms. The molecule has 1 aliphatic heterocycles. The van der Waals surface area contributed by atoms with Crippen LogP contribution in [0.25, 0.3) is 11.3 Å². The van der Waals surface area contributed by atoms with Gasteiger partial charge in [-0.05, 0) is 45.7 Å². The highest BCUT2D eigenvalue weighted by Crippen LogP contribution is 2.26. The van der Waals surface area contributed by atoms with Crippen molar-refractivity contribution in [3.63, 3.8) is 0 Å². The fraction of sp³-hybridized carbons (Fsp3) is 0.526. The van der Waals surface area contributed by atoms with Gasteiger partial charge in [0, 0.05) is 25.3 Å². The molecule has 2 aromatic heterocycles. The second-order valence-electron chi connectivity index (χ2n) is 7.63. The molecule has 0 spiro atoms. The van der Waals surface area contributed by atoms with Crippen molar-refractivity contribution < 1.29 is 14.3 Å². The van der Waals surface area contributed by atoms with Gasteiger partial charge in [0.15, 0.2) is 0 Å². The third-order valence-corrected chi connectivity index (χ3v) is 4.22. The van der Waals surface area contributed by atoms with E-state index in [9.17, 15) is 4.79 Å². The number of rotatable bonds is 4. The number of anilines is 1. The molecule has 2 aromatic rings. The molecule has 3 rings (SSSR count). The van der Waals surface area contributed by atoms with Crippen LogP contribution >= 0.6 is 0 Å². The van der Waals surface area contributed by atoms with Gasteiger partial charge in [-0.2, -0.15) is 5.10 Å². The molecule has 150 valence electrons. The molecule has 1 atom stereocenters. The largest absolute Gasteiger partial charge is 0.479 e. The molecule has 0 aliphatic carbocycles. The number of hydrogen-bond acceptors (Lipinski definition) is 8. The minimum Gasteiger partial charge on any atom is -0.479 e. The molecule has 0 aromatic carbocycles. The number of piperidine rings is 1. The van der Waals surface area contributed by atoms with E-state index in [0.717, 1.165) is 18.4 Å². The van der Waals surface area contributed by atoms with Crippen LogP contribution in [-0.4, -0.2) is 63.0 Å². The summed E-state index contributed by atoms with van der Waals surface area (Å²) in [6.07, 6.45) is 4.79. The van der Waals surface area contributed by atoms with E-state index in [1.165, 1.54) is 0 Å². The monoisotopic (exact) mass is 386 g/mol. The van der Waals surface area contributed by atoms with E-state index in [2.05, 4.69) is 25.5 Å². The van der Waals surface area contributed by atoms with Crippen LogP contribution in [0.1, 0.15) is 33.6 Å². The normalized spacial score (nSPS) is 17.1. The quantitative estimate of drug-likeness (QED) is 0.856. The van der Waals surface area contributed by atoms with Crippen LogP contribution in [0.15, 0.2) is 24.5 Å². The first-order valence-electron chi connectivity index (χ1n) is 9.29. The third-order valence-electron chi connectivity index (χ3n) is 4.22. The van der Waals surface area contributed by atoms with Crippen LogP contribution in [-0.2, 0) is 4.74 Å². The topological polar surface area (TPSA) is 102 Å². The lowest BCUT2D eigenvalue weighted by Crippen LogP contribution is -2.47. The summed E-state index contributed by atoms with van der Waals surface area (Å²) in [7, 11) is 1.54. The number of hydrogen-bond donors (Lipinski definition) is 1. The lowest BCUT2D eigenvalue weighted by molar-refractivity contribution is 0.0206. The van der Waals surface area contributed by atoms with Crippen molar-refractivity contribution in [3.8, 4) is 17.1 Å². The van der Waals surface area contributed by atoms with E-state index in [0.29, 0.717) is 30.6 Å². The zero-order valence-electron chi connectivity index (χ0n) is 16.7. The first kappa shape index (κ1) is 19.8. The first-order valence-corrected chi connectivity index (χ1v) is 9.29. The number of nitrogens with one attached hydrogen (secondary N) is 1. The average Bonchev–Trinajstić information content (AvgIpc) is 2.67. The SMILES string of the molecule is COc1nnccc1-c1ccnc(N[C@H]2CCCN(C(=O)OC(C)(C)C)C2)n1. The number of amides is 1. The van der Waals surface area contributed by atoms with Crippen LogP contribution in [0.2, 0.25) is 0 Å². The van der Waals surface area contributed by atoms with E-state index in [1.807, 2.05) is 20.8 Å². The molecule has 1 aliphatic rings. The number of likely N-dealkylation sites (tertiary alicyclic amines) is 1. The molecule has 1 saturated heterocycles. The maximum Gasteiger partial charge on any atom is 0.410 e. The van der Waals surface area contributed by atoms with Crippen LogP contribution in [0.5, 0.6) is 5.88 Å². The lowest BCUT2D eigenvalue weighted by atomic mass is 10.1. The van der Waals surface area contributed by atoms with Crippen LogP contribution in [0.4, 0.5) is 10.7 Å². The van der Waals surface area contributed by atoms with Crippen LogP contribution in [0.3, 0.4) is 0 Å². The summed E-state index contributed by atoms with van der Waals surface area (Å²) in [6.45, 7) is 6.83. The van der Waals surface area contributed by atoms with Gasteiger partial charge in [0.05, 0.1) is 24.6 Å². The fourth-order valence-corrected chi connectivity index (χ4v) is 3.01. The van der Waals surface area contributed by atoms with Gasteiger partial charge in [-0.15, -0.1) is 5.10 Å². The highest BCUT2D eigenvalue weighted by Gasteiger charge is 2.28. The maximum absolute atomic E-state index is 12.3. The van der Waals surface area contributed by atoms with E-state index >= 15 is 0 Å². The summed E-state index contributed by atoms with van der Waals surface area (Å²) in [6, 6.07) is 3.63. The molecule has 9 nitrogen and oxygen atoms in total. The predicted molar refractivity (Wildman–Crippen MR) is 104 cm³/mol. The van der Waals surface area contributed by atoms with Gasteiger partial charge < -0.3 is 19.7 Å². The fourth-order valence-electron chi connectivity index (χ4n) is 3.01. The second-order valence-corrected chi connectivity index (χ2v) is 7.63. The number of aromatic nitrogens is 4. The third kappa shape index (κ3) is 5.05. The minimum absolute atomic E-state index is 0.0500. The van der Waals surface area contributed by atoms with Gasteiger partial charge in [-0.3, -0.25) is 0 Å². The van der Waals surface area contributed by atoms with Crippen LogP contribution < -0.4 is 10.1 Å². The Kier molecular flexibility index (Phi) is 5.91. The van der Waals surface area contributed by atoms with Crippen molar-refractivity contribution in [3.05, 3.63) is 24.5 Å². The van der Waals surface area contributed by atoms with E-state index < -0.39 is 5.60 Å². The van der Waals surface area contributed by atoms with Gasteiger partial charge in [0.25, 0.3) is 0 Å². The highest BCUT2D eigenvalue weighted by molar-refractivity contribution is 5.68. The molecule has 1 fully saturated rings. The Morgan fingerprint density at radius 2 is 2.11 bits per heavy atom. The molecule has 1 N–H and O–H groups in total. The summed E-state index contributed by atoms with van der Waals surface area (Å²) in [5.74, 6) is 0.897. The summed E-state index contributed by atoms with van der Waals surface area (Å²) in [5, 5.41) is 11.1. The standard InChI is InChI=1S/C19H26N6O3/c1-19(2,3)28-18(26)25-11-5-6-13(12-25)22-17-20-9-8-15(23-17)14-7-10-21-24-16(14)27-4/h7-10,13H,5-6,11-12H2,1-4H3,(H,20,22,23)/t13-/m0/s1. The molecule has 0 bridgehead atoms. The maximum atomic E-state index is 12.3. The number of carbonyl (C=O) groups is 1. The number of carbonyl (C=O) groups excluding carboxylic acids is 1. The Bertz CT molecular complexity index is 823. The zero-order valence-corrected chi connectivity index (χ0v) is 16.7. The van der Waals surface area contributed by atoms with Crippen molar-refractivity contribution in [1.82, 2.24) is 25.1 Å². The van der Waals surface area contributed by atoms with Crippen molar-refractivity contribution in [1.29, 1.82) is 0 Å². The molecule has 28 heavy (non-hydrogen) atoms. The van der Waals surface area contributed by atoms with E-state index in [-0.39, 0.29) is 12.1 Å². The Balaban J connectivity index is 1.69. The van der Waals surface area contributed by atoms with Gasteiger partial charge in [0.1, 0.15) is 5.60 Å². The second kappa shape index (κ2) is 8.37. The molecule has 0 unspecified atom stereocenters. The molecule has 0 saturated carbocycles. The van der Waals surface area contributed by atoms with Gasteiger partial charge in [-0.25, -0.2) is 14.8 Å². The number of methoxy groups -OCH3 is 1. The van der Waals surface area contributed by atoms with E-state index in [4.69, 9.17) is 9.47 Å². The average molecular weight is 386 g/mol. The van der Waals surface area contributed by atoms with Gasteiger partial charge in [-0.1, -0.05) is 0 Å². The Morgan fingerprint density at radius 3 is 2.86 bits per heavy atom. The lowest BCUT2D eigenvalue weighted by Gasteiger charge is -2.34. The Morgan fingerprint density at radius 1 is 1.29 bits per heavy atom. The predicted octanol–water partition coefficient (Wildman–Crippen LogP) is 2.75. The van der Waals surface area contributed by atoms with Crippen molar-refractivity contribution in [2.45, 2.75) is 45.3 Å². The molecule has 1 amide bonds. The zero-order chi connectivity index (χ0) is 20.1. The minimum atomic E-state index is -0.507. The number of nitrogens with zero attached hydrogens (tertiary/aromatic N) is 5. The summed E-state index contributed by atoms with van der Waals surface area (Å²) < 4.78 is 10.7. The highest BCUT2D eigenvalue weighted by atomic mass is 16.6. The summed E-state index contributed by atoms with van der Waals surface area (Å²) in [4.78, 5) is 22.9. The summed E-state index contributed by atoms with van der Waals surface area (Å²) >= 11 is 0.